The van der Waals surface area contributed by atoms with Crippen LogP contribution in [0.25, 0.3) is 22.1 Å². The molecule has 372 valence electrons. The highest BCUT2D eigenvalue weighted by Crippen LogP contribution is 2.37. The van der Waals surface area contributed by atoms with Gasteiger partial charge in [0.05, 0.1) is 24.3 Å². The first kappa shape index (κ1) is 52.8. The number of nitrogens with one attached hydrogen (secondary N) is 2. The van der Waals surface area contributed by atoms with Crippen molar-refractivity contribution in [3.05, 3.63) is 110 Å². The third-order valence-electron chi connectivity index (χ3n) is 11.1. The van der Waals surface area contributed by atoms with Gasteiger partial charge in [-0.25, -0.2) is 55.5 Å². The summed E-state index contributed by atoms with van der Waals surface area (Å²) in [6.45, 7) is 14.5. The number of aromatic carboxylic acids is 1. The number of halogens is 7. The summed E-state index contributed by atoms with van der Waals surface area (Å²) in [5.74, 6) is -4.31. The molecule has 2 aliphatic heterocycles. The predicted octanol–water partition coefficient (Wildman–Crippen LogP) is 8.46. The molecule has 4 atom stereocenters. The summed E-state index contributed by atoms with van der Waals surface area (Å²) in [6.07, 6.45) is 0.146. The van der Waals surface area contributed by atoms with Crippen molar-refractivity contribution >= 4 is 61.7 Å². The molecule has 0 saturated carbocycles. The minimum Gasteiger partial charge on any atom is -0.476 e. The lowest BCUT2D eigenvalue weighted by Crippen LogP contribution is -2.32. The summed E-state index contributed by atoms with van der Waals surface area (Å²) in [5, 5.41) is 20.4. The molecule has 0 aliphatic carbocycles. The zero-order valence-electron chi connectivity index (χ0n) is 38.7. The SMILES string of the molecule is C[Si](C)(C)CCOCn1nc(C(=O)N2C[C@@H](F)C[C@@H]2c2cc(F)ccc2F)c2c(Cl)ncnc21.C[Si](C)(C)CCOCn1nc(C(=O)O)c2c(=O)[nH]cnc21.Fc1ccc(F)c([C@H]2C[C@H](F)CN2)c1. The summed E-state index contributed by atoms with van der Waals surface area (Å²) in [7, 11) is -2.49. The molecular weight excluding hydrogens is 970 g/mol. The van der Waals surface area contributed by atoms with Gasteiger partial charge in [-0.2, -0.15) is 10.2 Å². The first-order valence-electron chi connectivity index (χ1n) is 21.9. The Morgan fingerprint density at radius 2 is 1.35 bits per heavy atom. The number of amides is 1. The Morgan fingerprint density at radius 1 is 0.783 bits per heavy atom. The lowest BCUT2D eigenvalue weighted by atomic mass is 10.0. The van der Waals surface area contributed by atoms with Crippen molar-refractivity contribution in [1.82, 2.24) is 49.7 Å². The van der Waals surface area contributed by atoms with E-state index in [0.29, 0.717) is 18.9 Å². The van der Waals surface area contributed by atoms with Gasteiger partial charge in [0.15, 0.2) is 22.7 Å². The number of nitrogens with zero attached hydrogens (tertiary/aromatic N) is 8. The van der Waals surface area contributed by atoms with Crippen LogP contribution in [0.5, 0.6) is 0 Å². The van der Waals surface area contributed by atoms with Crippen LogP contribution in [-0.4, -0.2) is 116 Å². The summed E-state index contributed by atoms with van der Waals surface area (Å²) in [5.41, 5.74) is -0.298. The topological polar surface area (TPSA) is 195 Å². The fourth-order valence-electron chi connectivity index (χ4n) is 7.45. The van der Waals surface area contributed by atoms with Crippen LogP contribution < -0.4 is 10.9 Å². The molecule has 16 nitrogen and oxygen atoms in total. The number of alkyl halides is 2. The van der Waals surface area contributed by atoms with Gasteiger partial charge < -0.3 is 29.8 Å². The van der Waals surface area contributed by atoms with Crippen molar-refractivity contribution in [3.8, 4) is 0 Å². The molecule has 0 spiro atoms. The normalized spacial score (nSPS) is 18.3. The number of benzene rings is 2. The van der Waals surface area contributed by atoms with E-state index in [-0.39, 0.29) is 83.5 Å². The number of rotatable bonds is 14. The average molecular weight is 1020 g/mol. The van der Waals surface area contributed by atoms with E-state index in [2.05, 4.69) is 74.7 Å². The molecule has 6 aromatic rings. The minimum atomic E-state index is -1.40. The molecule has 2 saturated heterocycles. The third-order valence-corrected chi connectivity index (χ3v) is 14.8. The number of aromatic amines is 1. The monoisotopic (exact) mass is 1020 g/mol. The highest BCUT2D eigenvalue weighted by molar-refractivity contribution is 6.76. The molecule has 1 amide bonds. The van der Waals surface area contributed by atoms with Crippen LogP contribution in [-0.2, 0) is 22.9 Å². The van der Waals surface area contributed by atoms with E-state index < -0.39 is 81.3 Å². The van der Waals surface area contributed by atoms with Crippen molar-refractivity contribution in [3.63, 3.8) is 0 Å². The number of carboxylic acids is 1. The summed E-state index contributed by atoms with van der Waals surface area (Å²) < 4.78 is 95.5. The van der Waals surface area contributed by atoms with Gasteiger partial charge in [-0.3, -0.25) is 9.59 Å². The molecule has 0 unspecified atom stereocenters. The number of fused-ring (bicyclic) bond motifs is 2. The zero-order valence-corrected chi connectivity index (χ0v) is 41.5. The number of carbonyl (C=O) groups is 2. The maximum Gasteiger partial charge on any atom is 0.357 e. The quantitative estimate of drug-likeness (QED) is 0.0408. The van der Waals surface area contributed by atoms with Crippen molar-refractivity contribution in [1.29, 1.82) is 0 Å². The number of hydrogen-bond acceptors (Lipinski definition) is 11. The number of carboxylic acid groups (broad SMARTS) is 1. The number of H-pyrrole nitrogens is 1. The Kier molecular flexibility index (Phi) is 17.2. The standard InChI is InChI=1S/C22H25ClF3N5O2Si.C12H18N4O4Si.C10H10F3N/c1-34(2,3)7-6-33-12-31-21-18(20(23)27-11-28-21)19(29-31)22(32)30-10-14(25)9-17(30)15-8-13(24)4-5-16(15)26;1-21(2,3)5-4-20-7-16-10-8(9(15-16)12(18)19)11(17)14-6-13-10;11-6-1-2-9(13)8(3-6)10-4-7(12)5-14-10/h4-5,8,11,14,17H,6-7,9-10,12H2,1-3H3;6H,4-5,7H2,1-3H3,(H,18,19)(H,13,14,17);1-3,7,10,14H,4-5H2/t14-,17+;;7-,10+/m0.0/s1. The number of hydrogen-bond donors (Lipinski definition) is 3. The number of aromatic nitrogens is 8. The van der Waals surface area contributed by atoms with Crippen LogP contribution in [0.4, 0.5) is 26.3 Å². The van der Waals surface area contributed by atoms with Crippen LogP contribution in [0.1, 0.15) is 57.0 Å². The molecule has 8 rings (SSSR count). The maximum atomic E-state index is 14.5. The smallest absolute Gasteiger partial charge is 0.357 e. The van der Waals surface area contributed by atoms with Gasteiger partial charge in [0.25, 0.3) is 11.5 Å². The molecule has 3 N–H and O–H groups in total. The summed E-state index contributed by atoms with van der Waals surface area (Å²) in [4.78, 5) is 52.0. The van der Waals surface area contributed by atoms with Crippen molar-refractivity contribution < 1.29 is 50.5 Å². The van der Waals surface area contributed by atoms with Crippen LogP contribution >= 0.6 is 11.6 Å². The Balaban J connectivity index is 0.000000189. The van der Waals surface area contributed by atoms with Gasteiger partial charge in [-0.1, -0.05) is 50.9 Å². The van der Waals surface area contributed by atoms with Gasteiger partial charge >= 0.3 is 5.97 Å². The first-order chi connectivity index (χ1) is 32.5. The van der Waals surface area contributed by atoms with Crippen LogP contribution in [0.15, 0.2) is 53.8 Å². The highest BCUT2D eigenvalue weighted by Gasteiger charge is 2.40. The predicted molar refractivity (Wildman–Crippen MR) is 250 cm³/mol. The summed E-state index contributed by atoms with van der Waals surface area (Å²) in [6, 6.07) is 6.70. The Hall–Kier alpha value is -5.54. The van der Waals surface area contributed by atoms with Crippen molar-refractivity contribution in [2.45, 2.75) is 102 Å². The van der Waals surface area contributed by atoms with Gasteiger partial charge in [0, 0.05) is 59.5 Å². The van der Waals surface area contributed by atoms with Crippen LogP contribution in [0.3, 0.4) is 0 Å². The molecular formula is C44H53ClF6N10O6Si2. The lowest BCUT2D eigenvalue weighted by Gasteiger charge is -2.24. The van der Waals surface area contributed by atoms with E-state index in [9.17, 15) is 40.7 Å². The fourth-order valence-corrected chi connectivity index (χ4v) is 9.18. The Labute approximate surface area is 399 Å². The molecule has 2 aromatic carbocycles. The van der Waals surface area contributed by atoms with Crippen LogP contribution in [0, 0.1) is 23.3 Å². The number of ether oxygens (including phenoxy) is 2. The molecule has 0 radical (unpaired) electrons. The van der Waals surface area contributed by atoms with Gasteiger partial charge in [-0.15, -0.1) is 0 Å². The Morgan fingerprint density at radius 3 is 1.91 bits per heavy atom. The molecule has 4 aromatic heterocycles. The highest BCUT2D eigenvalue weighted by atomic mass is 35.5. The third kappa shape index (κ3) is 13.6. The molecule has 2 fully saturated rings. The molecule has 0 bridgehead atoms. The molecule has 6 heterocycles. The van der Waals surface area contributed by atoms with E-state index in [1.807, 2.05) is 0 Å². The average Bonchev–Trinajstić information content (AvgIpc) is 4.07. The van der Waals surface area contributed by atoms with Crippen LogP contribution in [0.2, 0.25) is 56.5 Å². The molecule has 25 heteroatoms. The Bertz CT molecular complexity index is 2840. The van der Waals surface area contributed by atoms with E-state index in [0.717, 1.165) is 53.4 Å². The number of carbonyl (C=O) groups excluding carboxylic acids is 1. The number of likely N-dealkylation sites (tertiary alicyclic amines) is 1. The second kappa shape index (κ2) is 22.5. The maximum absolute atomic E-state index is 14.5. The minimum absolute atomic E-state index is 0.00572. The van der Waals surface area contributed by atoms with Gasteiger partial charge in [0.1, 0.15) is 65.9 Å². The second-order valence-corrected chi connectivity index (χ2v) is 30.5. The van der Waals surface area contributed by atoms with Gasteiger partial charge in [0.2, 0.25) is 0 Å². The van der Waals surface area contributed by atoms with E-state index in [1.165, 1.54) is 22.0 Å². The largest absolute Gasteiger partial charge is 0.476 e. The second-order valence-electron chi connectivity index (χ2n) is 18.9. The summed E-state index contributed by atoms with van der Waals surface area (Å²) >= 11 is 6.28. The molecule has 2 aliphatic rings. The van der Waals surface area contributed by atoms with Gasteiger partial charge in [-0.05, 0) is 54.9 Å². The fraction of sp³-hybridized carbons (Fsp3) is 0.455. The zero-order chi connectivity index (χ0) is 50.4. The van der Waals surface area contributed by atoms with E-state index in [4.69, 9.17) is 26.2 Å². The van der Waals surface area contributed by atoms with E-state index >= 15 is 0 Å². The van der Waals surface area contributed by atoms with Crippen molar-refractivity contribution in [2.24, 2.45) is 0 Å². The molecule has 69 heavy (non-hydrogen) atoms. The van der Waals surface area contributed by atoms with E-state index in [1.54, 1.807) is 0 Å². The first-order valence-corrected chi connectivity index (χ1v) is 29.7. The van der Waals surface area contributed by atoms with Crippen molar-refractivity contribution in [2.75, 3.05) is 26.3 Å². The lowest BCUT2D eigenvalue weighted by molar-refractivity contribution is 0.0672.